The van der Waals surface area contributed by atoms with Gasteiger partial charge in [0, 0.05) is 6.42 Å². The third-order valence-electron chi connectivity index (χ3n) is 4.79. The minimum Gasteiger partial charge on any atom is -0.492 e. The van der Waals surface area contributed by atoms with Crippen molar-refractivity contribution in [3.05, 3.63) is 35.7 Å². The van der Waals surface area contributed by atoms with Crippen molar-refractivity contribution in [2.75, 3.05) is 18.9 Å². The van der Waals surface area contributed by atoms with Crippen molar-refractivity contribution >= 4 is 17.7 Å². The predicted molar refractivity (Wildman–Crippen MR) is 107 cm³/mol. The van der Waals surface area contributed by atoms with E-state index >= 15 is 0 Å². The summed E-state index contributed by atoms with van der Waals surface area (Å²) in [5, 5.41) is 10.7. The van der Waals surface area contributed by atoms with E-state index in [0.29, 0.717) is 24.1 Å². The number of amides is 1. The second kappa shape index (κ2) is 10.3. The smallest absolute Gasteiger partial charge is 0.230 e. The number of aryl methyl sites for hydroxylation is 2. The molecule has 6 nitrogen and oxygen atoms in total. The fourth-order valence-corrected chi connectivity index (χ4v) is 3.99. The van der Waals surface area contributed by atoms with Crippen molar-refractivity contribution in [2.45, 2.75) is 50.6 Å². The van der Waals surface area contributed by atoms with E-state index in [-0.39, 0.29) is 5.91 Å². The zero-order valence-corrected chi connectivity index (χ0v) is 16.7. The summed E-state index contributed by atoms with van der Waals surface area (Å²) in [7, 11) is 0. The van der Waals surface area contributed by atoms with Crippen molar-refractivity contribution in [1.82, 2.24) is 20.5 Å². The molecule has 2 N–H and O–H groups in total. The maximum atomic E-state index is 11.9. The molecular formula is C20H28N4O2S. The number of carbonyl (C=O) groups excluding carboxylic acids is 1. The number of ether oxygens (including phenoxy) is 1. The normalized spacial score (nSPS) is 14.4. The number of aromatic nitrogens is 3. The number of H-pyrrole nitrogens is 1. The lowest BCUT2D eigenvalue weighted by molar-refractivity contribution is -0.118. The Morgan fingerprint density at radius 1 is 1.37 bits per heavy atom. The first-order valence-corrected chi connectivity index (χ1v) is 10.7. The summed E-state index contributed by atoms with van der Waals surface area (Å²) in [6, 6.07) is 7.87. The Bertz CT molecular complexity index is 728. The van der Waals surface area contributed by atoms with E-state index in [2.05, 4.69) is 20.5 Å². The van der Waals surface area contributed by atoms with Crippen LogP contribution in [0.5, 0.6) is 5.75 Å². The molecule has 0 saturated heterocycles. The molecule has 0 unspecified atom stereocenters. The van der Waals surface area contributed by atoms with Gasteiger partial charge in [0.25, 0.3) is 0 Å². The minimum absolute atomic E-state index is 0.0369. The Morgan fingerprint density at radius 3 is 3.04 bits per heavy atom. The summed E-state index contributed by atoms with van der Waals surface area (Å²) in [6.07, 6.45) is 7.56. The summed E-state index contributed by atoms with van der Waals surface area (Å²) in [6.45, 7) is 2.95. The van der Waals surface area contributed by atoms with Crippen LogP contribution in [0.25, 0.3) is 0 Å². The van der Waals surface area contributed by atoms with Gasteiger partial charge in [-0.15, -0.1) is 5.10 Å². The Labute approximate surface area is 164 Å². The summed E-state index contributed by atoms with van der Waals surface area (Å²) in [5.74, 6) is 2.87. The molecule has 0 atom stereocenters. The highest BCUT2D eigenvalue weighted by Gasteiger charge is 2.15. The fraction of sp³-hybridized carbons (Fsp3) is 0.550. The molecule has 1 aliphatic carbocycles. The molecule has 0 bridgehead atoms. The first kappa shape index (κ1) is 19.7. The van der Waals surface area contributed by atoms with Gasteiger partial charge in [0.15, 0.2) is 0 Å². The largest absolute Gasteiger partial charge is 0.492 e. The van der Waals surface area contributed by atoms with E-state index in [0.717, 1.165) is 29.5 Å². The highest BCUT2D eigenvalue weighted by atomic mass is 32.2. The molecule has 1 aromatic heterocycles. The van der Waals surface area contributed by atoms with Gasteiger partial charge in [0.2, 0.25) is 11.1 Å². The van der Waals surface area contributed by atoms with Crippen LogP contribution in [-0.4, -0.2) is 40.0 Å². The molecule has 1 amide bonds. The monoisotopic (exact) mass is 388 g/mol. The van der Waals surface area contributed by atoms with Crippen LogP contribution in [0.3, 0.4) is 0 Å². The zero-order chi connectivity index (χ0) is 18.9. The molecule has 27 heavy (non-hydrogen) atoms. The molecule has 1 aliphatic rings. The first-order chi connectivity index (χ1) is 13.2. The van der Waals surface area contributed by atoms with Crippen LogP contribution in [0.15, 0.2) is 29.4 Å². The number of nitrogens with one attached hydrogen (secondary N) is 2. The Kier molecular flexibility index (Phi) is 7.56. The van der Waals surface area contributed by atoms with E-state index in [4.69, 9.17) is 4.74 Å². The van der Waals surface area contributed by atoms with E-state index in [9.17, 15) is 4.79 Å². The maximum Gasteiger partial charge on any atom is 0.230 e. The summed E-state index contributed by atoms with van der Waals surface area (Å²) < 4.78 is 5.62. The topological polar surface area (TPSA) is 79.9 Å². The van der Waals surface area contributed by atoms with Gasteiger partial charge in [-0.2, -0.15) is 0 Å². The van der Waals surface area contributed by atoms with Gasteiger partial charge in [-0.1, -0.05) is 49.6 Å². The average molecular weight is 389 g/mol. The molecule has 7 heteroatoms. The molecule has 3 rings (SSSR count). The van der Waals surface area contributed by atoms with Crippen LogP contribution >= 0.6 is 11.8 Å². The van der Waals surface area contributed by atoms with Crippen LogP contribution < -0.4 is 10.1 Å². The highest BCUT2D eigenvalue weighted by Crippen LogP contribution is 2.28. The molecule has 146 valence electrons. The Morgan fingerprint density at radius 2 is 2.22 bits per heavy atom. The third-order valence-corrected chi connectivity index (χ3v) is 5.64. The number of carbonyl (C=O) groups is 1. The van der Waals surface area contributed by atoms with Crippen molar-refractivity contribution in [3.63, 3.8) is 0 Å². The number of thioether (sulfide) groups is 1. The average Bonchev–Trinajstić information content (AvgIpc) is 3.33. The van der Waals surface area contributed by atoms with Crippen molar-refractivity contribution < 1.29 is 9.53 Å². The number of hydrogen-bond donors (Lipinski definition) is 2. The van der Waals surface area contributed by atoms with E-state index < -0.39 is 0 Å². The SMILES string of the molecule is Cc1cccc(OCCNC(=O)CSc2n[nH]c(CCC3CCCC3)n2)c1. The molecule has 1 aromatic carbocycles. The van der Waals surface area contributed by atoms with E-state index in [1.54, 1.807) is 0 Å². The second-order valence-electron chi connectivity index (χ2n) is 7.06. The van der Waals surface area contributed by atoms with E-state index in [1.807, 2.05) is 31.2 Å². The third kappa shape index (κ3) is 6.90. The van der Waals surface area contributed by atoms with Crippen LogP contribution in [0.4, 0.5) is 0 Å². The molecule has 0 aliphatic heterocycles. The number of rotatable bonds is 10. The Balaban J connectivity index is 1.28. The van der Waals surface area contributed by atoms with Crippen LogP contribution in [0.2, 0.25) is 0 Å². The maximum absolute atomic E-state index is 11.9. The lowest BCUT2D eigenvalue weighted by Crippen LogP contribution is -2.29. The summed E-state index contributed by atoms with van der Waals surface area (Å²) in [4.78, 5) is 16.4. The minimum atomic E-state index is -0.0369. The van der Waals surface area contributed by atoms with Gasteiger partial charge in [0.1, 0.15) is 18.2 Å². The summed E-state index contributed by atoms with van der Waals surface area (Å²) >= 11 is 1.36. The molecule has 0 spiro atoms. The molecule has 0 radical (unpaired) electrons. The van der Waals surface area contributed by atoms with Gasteiger partial charge in [-0.05, 0) is 37.0 Å². The van der Waals surface area contributed by atoms with Gasteiger partial charge >= 0.3 is 0 Å². The predicted octanol–water partition coefficient (Wildman–Crippen LogP) is 3.52. The lowest BCUT2D eigenvalue weighted by atomic mass is 10.0. The number of hydrogen-bond acceptors (Lipinski definition) is 5. The quantitative estimate of drug-likeness (QED) is 0.481. The molecular weight excluding hydrogens is 360 g/mol. The van der Waals surface area contributed by atoms with Crippen LogP contribution in [-0.2, 0) is 11.2 Å². The first-order valence-electron chi connectivity index (χ1n) is 9.69. The van der Waals surface area contributed by atoms with Gasteiger partial charge < -0.3 is 10.1 Å². The van der Waals surface area contributed by atoms with Crippen molar-refractivity contribution in [2.24, 2.45) is 5.92 Å². The molecule has 2 aromatic rings. The zero-order valence-electron chi connectivity index (χ0n) is 15.9. The highest BCUT2D eigenvalue weighted by molar-refractivity contribution is 7.99. The van der Waals surface area contributed by atoms with Crippen molar-refractivity contribution in [1.29, 1.82) is 0 Å². The fourth-order valence-electron chi connectivity index (χ4n) is 3.34. The van der Waals surface area contributed by atoms with Crippen LogP contribution in [0.1, 0.15) is 43.5 Å². The number of benzene rings is 1. The van der Waals surface area contributed by atoms with Crippen LogP contribution in [0, 0.1) is 12.8 Å². The standard InChI is InChI=1S/C20H28N4O2S/c1-15-5-4-8-17(13-15)26-12-11-21-19(25)14-27-20-22-18(23-24-20)10-9-16-6-2-3-7-16/h4-5,8,13,16H,2-3,6-7,9-12,14H2,1H3,(H,21,25)(H,22,23,24). The summed E-state index contributed by atoms with van der Waals surface area (Å²) in [5.41, 5.74) is 1.15. The Hall–Kier alpha value is -2.02. The molecule has 1 fully saturated rings. The molecule has 1 saturated carbocycles. The van der Waals surface area contributed by atoms with E-state index in [1.165, 1.54) is 43.9 Å². The van der Waals surface area contributed by atoms with Gasteiger partial charge in [0.05, 0.1) is 12.3 Å². The van der Waals surface area contributed by atoms with Crippen molar-refractivity contribution in [3.8, 4) is 5.75 Å². The number of aromatic amines is 1. The van der Waals surface area contributed by atoms with Gasteiger partial charge in [-0.25, -0.2) is 4.98 Å². The number of nitrogens with zero attached hydrogens (tertiary/aromatic N) is 2. The second-order valence-corrected chi connectivity index (χ2v) is 8.00. The lowest BCUT2D eigenvalue weighted by Gasteiger charge is -2.07. The van der Waals surface area contributed by atoms with Gasteiger partial charge in [-0.3, -0.25) is 9.89 Å². The molecule has 1 heterocycles.